The number of benzene rings is 2. The van der Waals surface area contributed by atoms with Crippen LogP contribution in [0.3, 0.4) is 0 Å². The smallest absolute Gasteiger partial charge is 0.332 e. The molecule has 2 aliphatic heterocycles. The van der Waals surface area contributed by atoms with Gasteiger partial charge in [0.15, 0.2) is 0 Å². The van der Waals surface area contributed by atoms with Crippen LogP contribution in [0.15, 0.2) is 53.6 Å². The molecule has 2 atom stereocenters. The number of halogens is 2. The van der Waals surface area contributed by atoms with Gasteiger partial charge >= 0.3 is 12.0 Å². The Morgan fingerprint density at radius 2 is 1.64 bits per heavy atom. The van der Waals surface area contributed by atoms with Crippen LogP contribution in [0.25, 0.3) is 0 Å². The van der Waals surface area contributed by atoms with Crippen LogP contribution in [0, 0.1) is 11.3 Å². The molecule has 4 amide bonds. The van der Waals surface area contributed by atoms with Crippen LogP contribution in [-0.4, -0.2) is 64.4 Å². The average Bonchev–Trinajstić information content (AvgIpc) is 3.40. The maximum absolute atomic E-state index is 14.3. The van der Waals surface area contributed by atoms with Gasteiger partial charge in [0.25, 0.3) is 5.91 Å². The minimum Gasteiger partial charge on any atom is -0.478 e. The molecule has 0 saturated carbocycles. The molecule has 2 saturated heterocycles. The number of nitrogens with zero attached hydrogens (tertiary/aromatic N) is 4. The van der Waals surface area contributed by atoms with Gasteiger partial charge in [-0.2, -0.15) is 5.26 Å². The number of hydrogen-bond acceptors (Lipinski definition) is 5. The van der Waals surface area contributed by atoms with Crippen molar-refractivity contribution in [1.29, 1.82) is 5.26 Å². The molecule has 0 unspecified atom stereocenters. The largest absolute Gasteiger partial charge is 0.478 e. The van der Waals surface area contributed by atoms with Crippen LogP contribution in [0.5, 0.6) is 0 Å². The SMILES string of the molecule is CN1C(=O)N(c2cc(Cl)cc(Cl)c2)C(=O)[C@]12CN(C(=O)C1=C(C(=O)O)CCCC1)C[C@H]2c1ccc(C#N)cc1. The van der Waals surface area contributed by atoms with Gasteiger partial charge in [-0.05, 0) is 61.6 Å². The van der Waals surface area contributed by atoms with E-state index in [1.54, 1.807) is 24.3 Å². The number of urea groups is 1. The zero-order valence-corrected chi connectivity index (χ0v) is 22.5. The molecule has 0 radical (unpaired) electrons. The van der Waals surface area contributed by atoms with E-state index in [9.17, 15) is 29.5 Å². The number of likely N-dealkylation sites (N-methyl/N-ethyl adjacent to an activating group) is 1. The van der Waals surface area contributed by atoms with Crippen LogP contribution >= 0.6 is 23.2 Å². The molecule has 11 heteroatoms. The summed E-state index contributed by atoms with van der Waals surface area (Å²) >= 11 is 12.4. The summed E-state index contributed by atoms with van der Waals surface area (Å²) in [5, 5.41) is 19.5. The number of anilines is 1. The van der Waals surface area contributed by atoms with E-state index in [4.69, 9.17) is 23.2 Å². The summed E-state index contributed by atoms with van der Waals surface area (Å²) in [4.78, 5) is 57.4. The molecule has 1 spiro atoms. The quantitative estimate of drug-likeness (QED) is 0.540. The highest BCUT2D eigenvalue weighted by molar-refractivity contribution is 6.36. The minimum atomic E-state index is -1.48. The van der Waals surface area contributed by atoms with Crippen molar-refractivity contribution in [3.63, 3.8) is 0 Å². The summed E-state index contributed by atoms with van der Waals surface area (Å²) in [6.07, 6.45) is 2.01. The minimum absolute atomic E-state index is 0.0780. The van der Waals surface area contributed by atoms with Crippen LogP contribution < -0.4 is 4.90 Å². The number of hydrogen-bond donors (Lipinski definition) is 1. The maximum Gasteiger partial charge on any atom is 0.332 e. The number of carbonyl (C=O) groups is 4. The average molecular weight is 567 g/mol. The topological polar surface area (TPSA) is 122 Å². The zero-order valence-electron chi connectivity index (χ0n) is 21.0. The van der Waals surface area contributed by atoms with Crippen LogP contribution in [0.1, 0.15) is 42.7 Å². The molecule has 1 aliphatic carbocycles. The highest BCUT2D eigenvalue weighted by Gasteiger charge is 2.65. The van der Waals surface area contributed by atoms with Crippen molar-refractivity contribution in [2.45, 2.75) is 37.1 Å². The van der Waals surface area contributed by atoms with E-state index in [-0.39, 0.29) is 40.0 Å². The summed E-state index contributed by atoms with van der Waals surface area (Å²) in [6, 6.07) is 12.6. The van der Waals surface area contributed by atoms with Crippen LogP contribution in [0.4, 0.5) is 10.5 Å². The zero-order chi connectivity index (χ0) is 28.1. The number of carboxylic acids is 1. The second-order valence-corrected chi connectivity index (χ2v) is 10.8. The lowest BCUT2D eigenvalue weighted by Crippen LogP contribution is -2.54. The predicted molar refractivity (Wildman–Crippen MR) is 143 cm³/mol. The monoisotopic (exact) mass is 566 g/mol. The molecule has 2 fully saturated rings. The number of rotatable bonds is 4. The van der Waals surface area contributed by atoms with Crippen molar-refractivity contribution >= 4 is 52.7 Å². The summed E-state index contributed by atoms with van der Waals surface area (Å²) in [5.74, 6) is -2.76. The fourth-order valence-corrected chi connectivity index (χ4v) is 6.44. The first kappa shape index (κ1) is 26.7. The molecule has 1 N–H and O–H groups in total. The molecule has 0 bridgehead atoms. The molecular formula is C28H24Cl2N4O5. The Kier molecular flexibility index (Phi) is 6.87. The standard InChI is InChI=1S/C28H24Cl2N4O5/c1-32-27(39)34(20-11-18(29)10-19(30)12-20)26(38)28(32)15-33(14-23(28)17-8-6-16(13-31)7-9-17)24(35)21-4-2-3-5-22(21)25(36)37/h6-12,23H,2-5,14-15H2,1H3,(H,36,37)/t23-,28+/m0/s1. The third-order valence-corrected chi connectivity index (χ3v) is 8.32. The molecule has 2 aromatic rings. The fraction of sp³-hybridized carbons (Fsp3) is 0.321. The highest BCUT2D eigenvalue weighted by atomic mass is 35.5. The van der Waals surface area contributed by atoms with E-state index >= 15 is 0 Å². The fourth-order valence-electron chi connectivity index (χ4n) is 5.93. The second-order valence-electron chi connectivity index (χ2n) is 9.98. The molecule has 9 nitrogen and oxygen atoms in total. The summed E-state index contributed by atoms with van der Waals surface area (Å²) in [5.41, 5.74) is 0.155. The number of likely N-dealkylation sites (tertiary alicyclic amines) is 1. The molecule has 2 aromatic carbocycles. The van der Waals surface area contributed by atoms with Crippen LogP contribution in [0.2, 0.25) is 10.0 Å². The lowest BCUT2D eigenvalue weighted by Gasteiger charge is -2.33. The van der Waals surface area contributed by atoms with E-state index < -0.39 is 35.3 Å². The highest BCUT2D eigenvalue weighted by Crippen LogP contribution is 2.47. The maximum atomic E-state index is 14.3. The molecule has 2 heterocycles. The lowest BCUT2D eigenvalue weighted by atomic mass is 9.80. The van der Waals surface area contributed by atoms with Gasteiger partial charge in [-0.1, -0.05) is 35.3 Å². The van der Waals surface area contributed by atoms with E-state index in [2.05, 4.69) is 6.07 Å². The number of imide groups is 1. The summed E-state index contributed by atoms with van der Waals surface area (Å²) in [6.45, 7) is -0.0482. The van der Waals surface area contributed by atoms with Gasteiger partial charge in [-0.15, -0.1) is 0 Å². The summed E-state index contributed by atoms with van der Waals surface area (Å²) in [7, 11) is 1.51. The van der Waals surface area contributed by atoms with E-state index in [1.165, 1.54) is 35.0 Å². The Hall–Kier alpha value is -3.87. The third-order valence-electron chi connectivity index (χ3n) is 7.88. The van der Waals surface area contributed by atoms with Gasteiger partial charge in [0.2, 0.25) is 5.91 Å². The van der Waals surface area contributed by atoms with Gasteiger partial charge in [0.05, 0.1) is 23.9 Å². The molecule has 200 valence electrons. The first-order valence-electron chi connectivity index (χ1n) is 12.4. The van der Waals surface area contributed by atoms with Crippen molar-refractivity contribution in [3.05, 3.63) is 74.8 Å². The predicted octanol–water partition coefficient (Wildman–Crippen LogP) is 4.58. The Labute approximate surface area is 234 Å². The first-order chi connectivity index (χ1) is 18.6. The van der Waals surface area contributed by atoms with Crippen molar-refractivity contribution in [2.24, 2.45) is 0 Å². The lowest BCUT2D eigenvalue weighted by molar-refractivity contribution is -0.134. The second kappa shape index (κ2) is 10.0. The Bertz CT molecular complexity index is 1460. The molecule has 3 aliphatic rings. The van der Waals surface area contributed by atoms with Crippen molar-refractivity contribution in [3.8, 4) is 6.07 Å². The van der Waals surface area contributed by atoms with Gasteiger partial charge in [-0.25, -0.2) is 14.5 Å². The Morgan fingerprint density at radius 1 is 1.03 bits per heavy atom. The Morgan fingerprint density at radius 3 is 2.23 bits per heavy atom. The van der Waals surface area contributed by atoms with Crippen molar-refractivity contribution < 1.29 is 24.3 Å². The van der Waals surface area contributed by atoms with E-state index in [1.807, 2.05) is 0 Å². The number of carbonyl (C=O) groups excluding carboxylic acids is 3. The third kappa shape index (κ3) is 4.34. The molecule has 0 aromatic heterocycles. The van der Waals surface area contributed by atoms with Gasteiger partial charge < -0.3 is 14.9 Å². The first-order valence-corrected chi connectivity index (χ1v) is 13.2. The number of nitriles is 1. The Balaban J connectivity index is 1.62. The number of carboxylic acid groups (broad SMARTS) is 1. The van der Waals surface area contributed by atoms with Crippen molar-refractivity contribution in [2.75, 3.05) is 25.0 Å². The molecule has 5 rings (SSSR count). The molecular weight excluding hydrogens is 543 g/mol. The van der Waals surface area contributed by atoms with E-state index in [0.29, 0.717) is 36.8 Å². The van der Waals surface area contributed by atoms with Crippen LogP contribution in [-0.2, 0) is 14.4 Å². The van der Waals surface area contributed by atoms with E-state index in [0.717, 1.165) is 4.90 Å². The number of amides is 4. The van der Waals surface area contributed by atoms with Gasteiger partial charge in [0, 0.05) is 40.7 Å². The van der Waals surface area contributed by atoms with Crippen molar-refractivity contribution in [1.82, 2.24) is 9.80 Å². The molecule has 39 heavy (non-hydrogen) atoms. The summed E-state index contributed by atoms with van der Waals surface area (Å²) < 4.78 is 0. The van der Waals surface area contributed by atoms with Gasteiger partial charge in [0.1, 0.15) is 5.54 Å². The normalized spacial score (nSPS) is 23.1. The van der Waals surface area contributed by atoms with Gasteiger partial charge in [-0.3, -0.25) is 9.59 Å². The number of aliphatic carboxylic acids is 1.